The molecule has 1 fully saturated rings. The summed E-state index contributed by atoms with van der Waals surface area (Å²) in [6.07, 6.45) is 1.69. The van der Waals surface area contributed by atoms with E-state index in [9.17, 15) is 0 Å². The zero-order valence-electron chi connectivity index (χ0n) is 17.6. The van der Waals surface area contributed by atoms with Crippen molar-refractivity contribution >= 4 is 68.5 Å². The van der Waals surface area contributed by atoms with Crippen molar-refractivity contribution in [2.24, 2.45) is 5.73 Å². The molecule has 0 aliphatic carbocycles. The first-order valence-corrected chi connectivity index (χ1v) is 11.9. The van der Waals surface area contributed by atoms with Gasteiger partial charge in [0.15, 0.2) is 5.16 Å². The topological polar surface area (TPSA) is 123 Å². The van der Waals surface area contributed by atoms with Gasteiger partial charge in [-0.1, -0.05) is 30.1 Å². The molecule has 0 unspecified atom stereocenters. The summed E-state index contributed by atoms with van der Waals surface area (Å²) < 4.78 is 0. The van der Waals surface area contributed by atoms with Crippen LogP contribution in [0, 0.1) is 6.92 Å². The molecule has 166 valence electrons. The molecule has 8 nitrogen and oxygen atoms in total. The number of halogens is 2. The van der Waals surface area contributed by atoms with Crippen LogP contribution in [-0.2, 0) is 6.42 Å². The van der Waals surface area contributed by atoms with Gasteiger partial charge in [0.2, 0.25) is 0 Å². The van der Waals surface area contributed by atoms with Crippen molar-refractivity contribution in [2.45, 2.75) is 42.8 Å². The molecule has 1 saturated heterocycles. The third-order valence-electron chi connectivity index (χ3n) is 5.57. The lowest BCUT2D eigenvalue weighted by Gasteiger charge is -2.18. The number of H-pyrrole nitrogens is 1. The summed E-state index contributed by atoms with van der Waals surface area (Å²) in [7, 11) is 0. The van der Waals surface area contributed by atoms with Gasteiger partial charge in [-0.05, 0) is 43.7 Å². The normalized spacial score (nSPS) is 16.5. The lowest BCUT2D eigenvalue weighted by Crippen LogP contribution is -2.27. The summed E-state index contributed by atoms with van der Waals surface area (Å²) in [6.45, 7) is 5.42. The van der Waals surface area contributed by atoms with Gasteiger partial charge in [-0.25, -0.2) is 19.9 Å². The van der Waals surface area contributed by atoms with Gasteiger partial charge in [0, 0.05) is 29.7 Å². The number of aromatic amines is 1. The van der Waals surface area contributed by atoms with Crippen LogP contribution in [0.2, 0.25) is 10.0 Å². The van der Waals surface area contributed by atoms with Crippen molar-refractivity contribution in [3.05, 3.63) is 33.7 Å². The molecule has 5 rings (SSSR count). The summed E-state index contributed by atoms with van der Waals surface area (Å²) >= 11 is 14.6. The van der Waals surface area contributed by atoms with Crippen molar-refractivity contribution in [3.63, 3.8) is 0 Å². The molecule has 0 saturated carbocycles. The third-order valence-corrected chi connectivity index (χ3v) is 7.13. The maximum Gasteiger partial charge on any atom is 0.196 e. The lowest BCUT2D eigenvalue weighted by atomic mass is 10.2. The molecule has 3 aromatic heterocycles. The molecule has 1 aliphatic rings. The Morgan fingerprint density at radius 3 is 2.72 bits per heavy atom. The smallest absolute Gasteiger partial charge is 0.196 e. The number of benzene rings is 1. The number of nitrogens with one attached hydrogen (secondary N) is 1. The van der Waals surface area contributed by atoms with Crippen LogP contribution in [0.3, 0.4) is 0 Å². The molecule has 0 bridgehead atoms. The van der Waals surface area contributed by atoms with E-state index in [2.05, 4.69) is 26.8 Å². The summed E-state index contributed by atoms with van der Waals surface area (Å²) in [5.41, 5.74) is 14.6. The number of nitrogens with zero attached hydrogens (tertiary/aromatic N) is 5. The number of nitrogens with two attached hydrogens (primary N) is 2. The minimum atomic E-state index is 0.118. The number of aromatic nitrogens is 5. The Kier molecular flexibility index (Phi) is 5.53. The number of aryl methyl sites for hydroxylation is 2. The highest BCUT2D eigenvalue weighted by Gasteiger charge is 2.26. The lowest BCUT2D eigenvalue weighted by molar-refractivity contribution is 0.751. The number of hydrogen-bond donors (Lipinski definition) is 3. The van der Waals surface area contributed by atoms with E-state index in [4.69, 9.17) is 44.6 Å². The zero-order chi connectivity index (χ0) is 22.6. The van der Waals surface area contributed by atoms with Gasteiger partial charge in [-0.3, -0.25) is 0 Å². The van der Waals surface area contributed by atoms with Crippen molar-refractivity contribution in [1.29, 1.82) is 0 Å². The van der Waals surface area contributed by atoms with Crippen LogP contribution in [-0.4, -0.2) is 44.1 Å². The van der Waals surface area contributed by atoms with Crippen LogP contribution in [0.25, 0.3) is 21.9 Å². The van der Waals surface area contributed by atoms with Crippen molar-refractivity contribution < 1.29 is 0 Å². The number of rotatable bonds is 4. The number of anilines is 2. The van der Waals surface area contributed by atoms with Crippen LogP contribution in [0.4, 0.5) is 11.6 Å². The van der Waals surface area contributed by atoms with E-state index in [1.165, 1.54) is 11.8 Å². The predicted octanol–water partition coefficient (Wildman–Crippen LogP) is 4.35. The number of hydrogen-bond acceptors (Lipinski definition) is 8. The van der Waals surface area contributed by atoms with E-state index in [0.29, 0.717) is 43.4 Å². The summed E-state index contributed by atoms with van der Waals surface area (Å²) in [6, 6.07) is 3.88. The second-order valence-corrected chi connectivity index (χ2v) is 9.70. The highest BCUT2D eigenvalue weighted by atomic mass is 35.5. The Hall–Kier alpha value is -2.33. The van der Waals surface area contributed by atoms with Crippen LogP contribution < -0.4 is 16.4 Å². The first kappa shape index (κ1) is 21.5. The van der Waals surface area contributed by atoms with Gasteiger partial charge in [0.25, 0.3) is 0 Å². The monoisotopic (exact) mass is 488 g/mol. The largest absolute Gasteiger partial charge is 0.383 e. The molecule has 1 aromatic carbocycles. The van der Waals surface area contributed by atoms with E-state index < -0.39 is 0 Å². The van der Waals surface area contributed by atoms with Crippen LogP contribution in [0.15, 0.2) is 22.2 Å². The van der Waals surface area contributed by atoms with Crippen molar-refractivity contribution in [1.82, 2.24) is 24.9 Å². The first-order chi connectivity index (χ1) is 15.3. The van der Waals surface area contributed by atoms with E-state index in [-0.39, 0.29) is 6.04 Å². The maximum absolute atomic E-state index is 6.69. The van der Waals surface area contributed by atoms with Gasteiger partial charge in [0.1, 0.15) is 23.1 Å². The van der Waals surface area contributed by atoms with Gasteiger partial charge in [-0.15, -0.1) is 0 Å². The van der Waals surface area contributed by atoms with E-state index in [1.807, 2.05) is 12.1 Å². The summed E-state index contributed by atoms with van der Waals surface area (Å²) in [4.78, 5) is 24.7. The van der Waals surface area contributed by atoms with Crippen LogP contribution in [0.5, 0.6) is 0 Å². The molecule has 0 amide bonds. The second kappa shape index (κ2) is 8.22. The Morgan fingerprint density at radius 1 is 1.19 bits per heavy atom. The highest BCUT2D eigenvalue weighted by molar-refractivity contribution is 7.99. The maximum atomic E-state index is 6.69. The van der Waals surface area contributed by atoms with E-state index in [1.54, 1.807) is 6.92 Å². The van der Waals surface area contributed by atoms with Gasteiger partial charge >= 0.3 is 0 Å². The number of nitrogen functional groups attached to an aromatic ring is 1. The molecule has 0 spiro atoms. The minimum absolute atomic E-state index is 0.118. The Labute approximate surface area is 199 Å². The van der Waals surface area contributed by atoms with Crippen molar-refractivity contribution in [2.75, 3.05) is 23.7 Å². The second-order valence-electron chi connectivity index (χ2n) is 7.88. The predicted molar refractivity (Wildman–Crippen MR) is 131 cm³/mol. The van der Waals surface area contributed by atoms with Crippen LogP contribution >= 0.6 is 35.0 Å². The Bertz CT molecular complexity index is 1360. The number of fused-ring (bicyclic) bond motifs is 2. The van der Waals surface area contributed by atoms with Crippen molar-refractivity contribution in [3.8, 4) is 0 Å². The fourth-order valence-electron chi connectivity index (χ4n) is 4.07. The van der Waals surface area contributed by atoms with Gasteiger partial charge in [-0.2, -0.15) is 0 Å². The molecule has 5 N–H and O–H groups in total. The molecule has 0 radical (unpaired) electrons. The quantitative estimate of drug-likeness (QED) is 0.362. The zero-order valence-corrected chi connectivity index (χ0v) is 19.9. The summed E-state index contributed by atoms with van der Waals surface area (Å²) in [5.74, 6) is 1.76. The SMILES string of the molecule is CCc1[nH]c2nc(Sc3cc(Cl)c4c(N)nc(C)nc4c3)nc(N3CC[C@@H](N)C3)c2c1Cl. The van der Waals surface area contributed by atoms with Gasteiger partial charge in [0.05, 0.1) is 26.3 Å². The highest BCUT2D eigenvalue weighted by Crippen LogP contribution is 2.39. The first-order valence-electron chi connectivity index (χ1n) is 10.3. The molecule has 4 heterocycles. The molecular weight excluding hydrogens is 467 g/mol. The average molecular weight is 489 g/mol. The average Bonchev–Trinajstić information content (AvgIpc) is 3.29. The van der Waals surface area contributed by atoms with Gasteiger partial charge < -0.3 is 21.4 Å². The molecule has 1 aliphatic heterocycles. The van der Waals surface area contributed by atoms with E-state index >= 15 is 0 Å². The standard InChI is InChI=1S/C21H22Cl2N8S/c1-3-13-17(23)16-19(28-13)29-21(30-20(16)31-5-4-10(24)8-31)32-11-6-12(22)15-14(7-11)26-9(2)27-18(15)25/h6-7,10H,3-5,8,24H2,1-2H3,(H2,25,26,27)(H,28,29,30)/t10-/m1/s1. The molecule has 11 heteroatoms. The van der Waals surface area contributed by atoms with E-state index in [0.717, 1.165) is 47.7 Å². The fourth-order valence-corrected chi connectivity index (χ4v) is 5.63. The third kappa shape index (κ3) is 3.73. The minimum Gasteiger partial charge on any atom is -0.383 e. The molecule has 1 atom stereocenters. The fraction of sp³-hybridized carbons (Fsp3) is 0.333. The molecule has 32 heavy (non-hydrogen) atoms. The Balaban J connectivity index is 1.62. The van der Waals surface area contributed by atoms with Crippen LogP contribution in [0.1, 0.15) is 24.9 Å². The molecule has 4 aromatic rings. The Morgan fingerprint density at radius 2 is 2.00 bits per heavy atom. The summed E-state index contributed by atoms with van der Waals surface area (Å²) in [5, 5.41) is 3.24. The molecular formula is C21H22Cl2N8S.